The molecule has 3 rings (SSSR count). The molecule has 0 fully saturated rings. The van der Waals surface area contributed by atoms with E-state index in [-0.39, 0.29) is 5.56 Å². The van der Waals surface area contributed by atoms with Crippen LogP contribution in [0.3, 0.4) is 0 Å². The summed E-state index contributed by atoms with van der Waals surface area (Å²) >= 11 is 1.78. The van der Waals surface area contributed by atoms with Crippen LogP contribution in [0.4, 0.5) is 5.95 Å². The third-order valence-corrected chi connectivity index (χ3v) is 5.11. The summed E-state index contributed by atoms with van der Waals surface area (Å²) in [5.74, 6) is 3.05. The van der Waals surface area contributed by atoms with Crippen molar-refractivity contribution in [2.75, 3.05) is 24.7 Å². The Labute approximate surface area is 162 Å². The first-order chi connectivity index (χ1) is 13.2. The van der Waals surface area contributed by atoms with E-state index in [1.165, 1.54) is 0 Å². The van der Waals surface area contributed by atoms with Gasteiger partial charge in [-0.1, -0.05) is 12.1 Å². The molecule has 0 radical (unpaired) electrons. The Balaban J connectivity index is 1.47. The molecule has 0 aliphatic heterocycles. The number of aryl methyl sites for hydroxylation is 1. The van der Waals surface area contributed by atoms with E-state index >= 15 is 0 Å². The van der Waals surface area contributed by atoms with Gasteiger partial charge in [0.05, 0.1) is 19.1 Å². The second-order valence-electron chi connectivity index (χ2n) is 6.06. The number of methoxy groups -OCH3 is 1. The van der Waals surface area contributed by atoms with Gasteiger partial charge in [0, 0.05) is 41.9 Å². The quantitative estimate of drug-likeness (QED) is 0.490. The van der Waals surface area contributed by atoms with Crippen molar-refractivity contribution in [1.82, 2.24) is 19.9 Å². The van der Waals surface area contributed by atoms with Crippen LogP contribution in [0.2, 0.25) is 0 Å². The minimum atomic E-state index is -0.122. The molecule has 3 aromatic rings. The predicted molar refractivity (Wildman–Crippen MR) is 109 cm³/mol. The Morgan fingerprint density at radius 1 is 1.22 bits per heavy atom. The number of rotatable bonds is 9. The van der Waals surface area contributed by atoms with Gasteiger partial charge in [-0.2, -0.15) is 11.8 Å². The Bertz CT molecular complexity index is 920. The van der Waals surface area contributed by atoms with Crippen LogP contribution in [0, 0.1) is 6.92 Å². The van der Waals surface area contributed by atoms with Crippen LogP contribution in [0.25, 0.3) is 0 Å². The number of thioether (sulfide) groups is 1. The normalized spacial score (nSPS) is 10.7. The fourth-order valence-electron chi connectivity index (χ4n) is 2.54. The zero-order chi connectivity index (χ0) is 19.1. The maximum Gasteiger partial charge on any atom is 0.255 e. The molecule has 0 bridgehead atoms. The lowest BCUT2D eigenvalue weighted by molar-refractivity contribution is 0.414. The van der Waals surface area contributed by atoms with Crippen molar-refractivity contribution in [1.29, 1.82) is 0 Å². The summed E-state index contributed by atoms with van der Waals surface area (Å²) in [5, 5.41) is 3.15. The first-order valence-corrected chi connectivity index (χ1v) is 9.83. The van der Waals surface area contributed by atoms with E-state index in [1.807, 2.05) is 31.2 Å². The highest BCUT2D eigenvalue weighted by Gasteiger charge is 2.05. The average Bonchev–Trinajstić information content (AvgIpc) is 3.09. The van der Waals surface area contributed by atoms with Gasteiger partial charge in [0.25, 0.3) is 5.56 Å². The van der Waals surface area contributed by atoms with Crippen LogP contribution in [-0.2, 0) is 12.2 Å². The number of hydrogen-bond acceptors (Lipinski definition) is 6. The molecule has 27 heavy (non-hydrogen) atoms. The van der Waals surface area contributed by atoms with Crippen LogP contribution in [-0.4, -0.2) is 39.3 Å². The molecule has 3 N–H and O–H groups in total. The minimum absolute atomic E-state index is 0.122. The summed E-state index contributed by atoms with van der Waals surface area (Å²) in [6, 6.07) is 7.66. The number of aromatic amines is 2. The molecule has 142 valence electrons. The number of benzene rings is 1. The van der Waals surface area contributed by atoms with E-state index in [0.29, 0.717) is 17.9 Å². The zero-order valence-electron chi connectivity index (χ0n) is 15.4. The van der Waals surface area contributed by atoms with Gasteiger partial charge in [0.15, 0.2) is 0 Å². The van der Waals surface area contributed by atoms with Gasteiger partial charge in [-0.15, -0.1) is 0 Å². The van der Waals surface area contributed by atoms with E-state index in [0.717, 1.165) is 40.8 Å². The monoisotopic (exact) mass is 385 g/mol. The van der Waals surface area contributed by atoms with Crippen molar-refractivity contribution in [3.63, 3.8) is 0 Å². The maximum absolute atomic E-state index is 12.3. The molecule has 0 saturated heterocycles. The molecule has 0 aliphatic rings. The highest BCUT2D eigenvalue weighted by atomic mass is 32.2. The molecule has 0 amide bonds. The van der Waals surface area contributed by atoms with Crippen molar-refractivity contribution < 1.29 is 4.74 Å². The largest absolute Gasteiger partial charge is 0.497 e. The van der Waals surface area contributed by atoms with Gasteiger partial charge in [-0.05, 0) is 24.6 Å². The Morgan fingerprint density at radius 3 is 2.70 bits per heavy atom. The molecule has 0 atom stereocenters. The molecule has 0 saturated carbocycles. The zero-order valence-corrected chi connectivity index (χ0v) is 16.2. The summed E-state index contributed by atoms with van der Waals surface area (Å²) in [5.41, 5.74) is 3.73. The Kier molecular flexibility index (Phi) is 6.54. The van der Waals surface area contributed by atoms with Crippen LogP contribution in [0.15, 0.2) is 41.6 Å². The van der Waals surface area contributed by atoms with Gasteiger partial charge >= 0.3 is 0 Å². The predicted octanol–water partition coefficient (Wildman–Crippen LogP) is 2.75. The lowest BCUT2D eigenvalue weighted by Gasteiger charge is -2.07. The summed E-state index contributed by atoms with van der Waals surface area (Å²) in [7, 11) is 1.63. The van der Waals surface area contributed by atoms with Gasteiger partial charge < -0.3 is 15.0 Å². The number of imidazole rings is 1. The van der Waals surface area contributed by atoms with Crippen molar-refractivity contribution in [2.24, 2.45) is 0 Å². The fraction of sp³-hybridized carbons (Fsp3) is 0.316. The lowest BCUT2D eigenvalue weighted by Crippen LogP contribution is -2.18. The SMILES string of the molecule is COc1ccc(Cc2cnc(NCCSCc3nc[nH]c3C)[nH]c2=O)cc1. The molecule has 7 nitrogen and oxygen atoms in total. The van der Waals surface area contributed by atoms with Gasteiger partial charge in [0.2, 0.25) is 5.95 Å². The summed E-state index contributed by atoms with van der Waals surface area (Å²) in [4.78, 5) is 26.7. The molecule has 0 spiro atoms. The summed E-state index contributed by atoms with van der Waals surface area (Å²) < 4.78 is 5.15. The highest BCUT2D eigenvalue weighted by Crippen LogP contribution is 2.14. The molecule has 1 aromatic carbocycles. The second kappa shape index (κ2) is 9.27. The standard InChI is InChI=1S/C19H23N5O2S/c1-13-17(23-12-22-13)11-27-8-7-20-19-21-10-15(18(25)24-19)9-14-3-5-16(26-2)6-4-14/h3-6,10,12H,7-9,11H2,1-2H3,(H,22,23)(H2,20,21,24,25). The molecule has 8 heteroatoms. The highest BCUT2D eigenvalue weighted by molar-refractivity contribution is 7.98. The van der Waals surface area contributed by atoms with Gasteiger partial charge in [-0.3, -0.25) is 9.78 Å². The first kappa shape index (κ1) is 19.0. The first-order valence-electron chi connectivity index (χ1n) is 8.67. The topological polar surface area (TPSA) is 95.7 Å². The van der Waals surface area contributed by atoms with Crippen LogP contribution in [0.1, 0.15) is 22.5 Å². The average molecular weight is 385 g/mol. The van der Waals surface area contributed by atoms with Crippen LogP contribution >= 0.6 is 11.8 Å². The Hall–Kier alpha value is -2.74. The number of hydrogen-bond donors (Lipinski definition) is 3. The number of nitrogens with one attached hydrogen (secondary N) is 3. The number of aromatic nitrogens is 4. The molecular formula is C19H23N5O2S. The van der Waals surface area contributed by atoms with Crippen molar-refractivity contribution in [3.05, 3.63) is 69.7 Å². The maximum atomic E-state index is 12.3. The second-order valence-corrected chi connectivity index (χ2v) is 7.17. The van der Waals surface area contributed by atoms with E-state index in [4.69, 9.17) is 4.74 Å². The number of nitrogens with zero attached hydrogens (tertiary/aromatic N) is 2. The van der Waals surface area contributed by atoms with Crippen molar-refractivity contribution in [2.45, 2.75) is 19.1 Å². The number of anilines is 1. The van der Waals surface area contributed by atoms with Crippen LogP contribution < -0.4 is 15.6 Å². The molecule has 0 aliphatic carbocycles. The molecule has 2 heterocycles. The Morgan fingerprint density at radius 2 is 2.04 bits per heavy atom. The number of H-pyrrole nitrogens is 2. The van der Waals surface area contributed by atoms with Gasteiger partial charge in [0.1, 0.15) is 5.75 Å². The summed E-state index contributed by atoms with van der Waals surface area (Å²) in [6.07, 6.45) is 3.88. The van der Waals surface area contributed by atoms with Crippen LogP contribution in [0.5, 0.6) is 5.75 Å². The molecule has 0 unspecified atom stereocenters. The van der Waals surface area contributed by atoms with E-state index in [2.05, 4.69) is 25.3 Å². The molecule has 2 aromatic heterocycles. The smallest absolute Gasteiger partial charge is 0.255 e. The third-order valence-electron chi connectivity index (χ3n) is 4.14. The number of ether oxygens (including phenoxy) is 1. The third kappa shape index (κ3) is 5.37. The van der Waals surface area contributed by atoms with E-state index in [1.54, 1.807) is 31.4 Å². The van der Waals surface area contributed by atoms with Gasteiger partial charge in [-0.25, -0.2) is 9.97 Å². The lowest BCUT2D eigenvalue weighted by atomic mass is 10.1. The molecular weight excluding hydrogens is 362 g/mol. The van der Waals surface area contributed by atoms with E-state index < -0.39 is 0 Å². The summed E-state index contributed by atoms with van der Waals surface area (Å²) in [6.45, 7) is 2.73. The minimum Gasteiger partial charge on any atom is -0.497 e. The van der Waals surface area contributed by atoms with Crippen molar-refractivity contribution in [3.8, 4) is 5.75 Å². The van der Waals surface area contributed by atoms with E-state index in [9.17, 15) is 4.79 Å². The fourth-order valence-corrected chi connectivity index (χ4v) is 3.42. The van der Waals surface area contributed by atoms with Crippen molar-refractivity contribution >= 4 is 17.7 Å².